The predicted octanol–water partition coefficient (Wildman–Crippen LogP) is 3.64. The number of carbonyl (C=O) groups excluding carboxylic acids is 1. The number of anilines is 1. The van der Waals surface area contributed by atoms with E-state index in [0.29, 0.717) is 5.82 Å². The molecule has 0 radical (unpaired) electrons. The minimum Gasteiger partial charge on any atom is -0.309 e. The molecule has 26 heavy (non-hydrogen) atoms. The van der Waals surface area contributed by atoms with E-state index >= 15 is 0 Å². The third-order valence-corrected chi connectivity index (χ3v) is 5.95. The maximum atomic E-state index is 12.7. The summed E-state index contributed by atoms with van der Waals surface area (Å²) in [6.45, 7) is 5.24. The number of rotatable bonds is 6. The van der Waals surface area contributed by atoms with E-state index in [4.69, 9.17) is 23.2 Å². The standard InChI is InChI=1S/C17H19Cl2N3O3S/c1-10(2)15(17(23)21-14-9-4-6-11(3)20-14)22-26(24,25)16-12(18)7-5-8-13(16)19/h4-10,15,22H,1-3H3,(H,20,21,23). The molecule has 2 N–H and O–H groups in total. The molecule has 1 aromatic heterocycles. The molecular weight excluding hydrogens is 397 g/mol. The summed E-state index contributed by atoms with van der Waals surface area (Å²) in [5.74, 6) is -0.503. The summed E-state index contributed by atoms with van der Waals surface area (Å²) in [4.78, 5) is 16.5. The Morgan fingerprint density at radius 3 is 2.19 bits per heavy atom. The van der Waals surface area contributed by atoms with Crippen LogP contribution in [0, 0.1) is 12.8 Å². The van der Waals surface area contributed by atoms with Gasteiger partial charge in [-0.25, -0.2) is 13.4 Å². The SMILES string of the molecule is Cc1cccc(NC(=O)C(NS(=O)(=O)c2c(Cl)cccc2Cl)C(C)C)n1. The van der Waals surface area contributed by atoms with Crippen molar-refractivity contribution in [3.8, 4) is 0 Å². The summed E-state index contributed by atoms with van der Waals surface area (Å²) in [6, 6.07) is 8.51. The average molecular weight is 416 g/mol. The van der Waals surface area contributed by atoms with Crippen LogP contribution in [-0.2, 0) is 14.8 Å². The molecule has 0 aliphatic carbocycles. The molecule has 0 saturated carbocycles. The first-order valence-electron chi connectivity index (χ1n) is 7.82. The number of sulfonamides is 1. The lowest BCUT2D eigenvalue weighted by Gasteiger charge is -2.22. The molecule has 6 nitrogen and oxygen atoms in total. The second-order valence-corrected chi connectivity index (χ2v) is 8.51. The van der Waals surface area contributed by atoms with Crippen molar-refractivity contribution < 1.29 is 13.2 Å². The highest BCUT2D eigenvalue weighted by atomic mass is 35.5. The summed E-state index contributed by atoms with van der Waals surface area (Å²) < 4.78 is 27.8. The van der Waals surface area contributed by atoms with Gasteiger partial charge in [-0.2, -0.15) is 4.72 Å². The molecule has 1 amide bonds. The van der Waals surface area contributed by atoms with Crippen LogP contribution in [0.15, 0.2) is 41.3 Å². The second kappa shape index (κ2) is 8.35. The van der Waals surface area contributed by atoms with E-state index in [-0.39, 0.29) is 20.9 Å². The minimum atomic E-state index is -4.11. The Kier molecular flexibility index (Phi) is 6.63. The summed E-state index contributed by atoms with van der Waals surface area (Å²) in [5, 5.41) is 2.58. The summed E-state index contributed by atoms with van der Waals surface area (Å²) in [6.07, 6.45) is 0. The molecule has 2 aromatic rings. The summed E-state index contributed by atoms with van der Waals surface area (Å²) in [5.41, 5.74) is 0.729. The molecule has 1 heterocycles. The van der Waals surface area contributed by atoms with Crippen LogP contribution in [0.1, 0.15) is 19.5 Å². The van der Waals surface area contributed by atoms with Gasteiger partial charge >= 0.3 is 0 Å². The van der Waals surface area contributed by atoms with E-state index in [9.17, 15) is 13.2 Å². The van der Waals surface area contributed by atoms with Gasteiger partial charge in [0.2, 0.25) is 15.9 Å². The van der Waals surface area contributed by atoms with Gasteiger partial charge in [0, 0.05) is 5.69 Å². The van der Waals surface area contributed by atoms with E-state index in [0.717, 1.165) is 5.69 Å². The Labute approximate surface area is 163 Å². The van der Waals surface area contributed by atoms with Gasteiger partial charge in [0.25, 0.3) is 0 Å². The third kappa shape index (κ3) is 4.94. The lowest BCUT2D eigenvalue weighted by atomic mass is 10.1. The third-order valence-electron chi connectivity index (χ3n) is 3.56. The number of nitrogens with zero attached hydrogens (tertiary/aromatic N) is 1. The molecule has 0 spiro atoms. The van der Waals surface area contributed by atoms with Crippen LogP contribution in [0.25, 0.3) is 0 Å². The van der Waals surface area contributed by atoms with Crippen molar-refractivity contribution in [2.24, 2.45) is 5.92 Å². The van der Waals surface area contributed by atoms with Crippen molar-refractivity contribution in [1.82, 2.24) is 9.71 Å². The first-order valence-corrected chi connectivity index (χ1v) is 10.1. The number of pyridine rings is 1. The Balaban J connectivity index is 2.28. The number of nitrogens with one attached hydrogen (secondary N) is 2. The topological polar surface area (TPSA) is 88.2 Å². The highest BCUT2D eigenvalue weighted by Gasteiger charge is 2.31. The summed E-state index contributed by atoms with van der Waals surface area (Å²) >= 11 is 12.0. The Morgan fingerprint density at radius 2 is 1.65 bits per heavy atom. The number of amides is 1. The van der Waals surface area contributed by atoms with Crippen LogP contribution in [-0.4, -0.2) is 25.4 Å². The van der Waals surface area contributed by atoms with E-state index in [1.54, 1.807) is 45.0 Å². The van der Waals surface area contributed by atoms with Crippen molar-refractivity contribution in [3.05, 3.63) is 52.1 Å². The van der Waals surface area contributed by atoms with E-state index in [1.165, 1.54) is 12.1 Å². The lowest BCUT2D eigenvalue weighted by molar-refractivity contribution is -0.118. The molecule has 0 fully saturated rings. The Bertz CT molecular complexity index is 897. The van der Waals surface area contributed by atoms with E-state index in [1.807, 2.05) is 0 Å². The molecule has 0 aliphatic heterocycles. The Hall–Kier alpha value is -1.67. The van der Waals surface area contributed by atoms with Gasteiger partial charge in [-0.3, -0.25) is 4.79 Å². The number of hydrogen-bond donors (Lipinski definition) is 2. The van der Waals surface area contributed by atoms with Crippen molar-refractivity contribution in [2.75, 3.05) is 5.32 Å². The fourth-order valence-corrected chi connectivity index (χ4v) is 4.76. The molecule has 2 rings (SSSR count). The second-order valence-electron chi connectivity index (χ2n) is 6.05. The Morgan fingerprint density at radius 1 is 1.08 bits per heavy atom. The quantitative estimate of drug-likeness (QED) is 0.753. The number of benzene rings is 1. The smallest absolute Gasteiger partial charge is 0.244 e. The zero-order valence-electron chi connectivity index (χ0n) is 14.5. The predicted molar refractivity (Wildman–Crippen MR) is 103 cm³/mol. The largest absolute Gasteiger partial charge is 0.309 e. The summed E-state index contributed by atoms with van der Waals surface area (Å²) in [7, 11) is -4.11. The zero-order valence-corrected chi connectivity index (χ0v) is 16.8. The number of aromatic nitrogens is 1. The normalized spacial score (nSPS) is 12.8. The fraction of sp³-hybridized carbons (Fsp3) is 0.294. The molecule has 140 valence electrons. The first-order chi connectivity index (χ1) is 12.1. The highest BCUT2D eigenvalue weighted by molar-refractivity contribution is 7.89. The molecular formula is C17H19Cl2N3O3S. The number of halogens is 2. The van der Waals surface area contributed by atoms with Gasteiger partial charge < -0.3 is 5.32 Å². The van der Waals surface area contributed by atoms with Crippen molar-refractivity contribution >= 4 is 45.0 Å². The first kappa shape index (κ1) is 20.6. The molecule has 0 bridgehead atoms. The van der Waals surface area contributed by atoms with Crippen LogP contribution in [0.2, 0.25) is 10.0 Å². The van der Waals surface area contributed by atoms with Gasteiger partial charge in [0.1, 0.15) is 16.8 Å². The lowest BCUT2D eigenvalue weighted by Crippen LogP contribution is -2.47. The number of aryl methyl sites for hydroxylation is 1. The van der Waals surface area contributed by atoms with Crippen LogP contribution in [0.3, 0.4) is 0 Å². The van der Waals surface area contributed by atoms with Crippen LogP contribution >= 0.6 is 23.2 Å². The van der Waals surface area contributed by atoms with Crippen LogP contribution in [0.4, 0.5) is 5.82 Å². The van der Waals surface area contributed by atoms with Gasteiger partial charge in [0.15, 0.2) is 0 Å². The van der Waals surface area contributed by atoms with Gasteiger partial charge in [-0.1, -0.05) is 49.2 Å². The number of carbonyl (C=O) groups is 1. The van der Waals surface area contributed by atoms with Gasteiger partial charge in [-0.05, 0) is 37.1 Å². The molecule has 1 unspecified atom stereocenters. The minimum absolute atomic E-state index is 0.0201. The molecule has 0 saturated heterocycles. The van der Waals surface area contributed by atoms with E-state index in [2.05, 4.69) is 15.0 Å². The van der Waals surface area contributed by atoms with Crippen molar-refractivity contribution in [1.29, 1.82) is 0 Å². The van der Waals surface area contributed by atoms with Crippen molar-refractivity contribution in [2.45, 2.75) is 31.7 Å². The maximum absolute atomic E-state index is 12.7. The molecule has 1 aromatic carbocycles. The van der Waals surface area contributed by atoms with Gasteiger partial charge in [-0.15, -0.1) is 0 Å². The fourth-order valence-electron chi connectivity index (χ4n) is 2.27. The van der Waals surface area contributed by atoms with Crippen molar-refractivity contribution in [3.63, 3.8) is 0 Å². The highest BCUT2D eigenvalue weighted by Crippen LogP contribution is 2.29. The monoisotopic (exact) mass is 415 g/mol. The average Bonchev–Trinajstić information content (AvgIpc) is 2.52. The molecule has 9 heteroatoms. The molecule has 0 aliphatic rings. The van der Waals surface area contributed by atoms with Crippen LogP contribution < -0.4 is 10.0 Å². The molecule has 1 atom stereocenters. The zero-order chi connectivity index (χ0) is 19.5. The van der Waals surface area contributed by atoms with E-state index < -0.39 is 22.0 Å². The maximum Gasteiger partial charge on any atom is 0.244 e. The number of hydrogen-bond acceptors (Lipinski definition) is 4. The van der Waals surface area contributed by atoms with Gasteiger partial charge in [0.05, 0.1) is 10.0 Å². The van der Waals surface area contributed by atoms with Crippen LogP contribution in [0.5, 0.6) is 0 Å².